The first kappa shape index (κ1) is 15.2. The lowest BCUT2D eigenvalue weighted by atomic mass is 10.1. The molecule has 2 aromatic carbocycles. The van der Waals surface area contributed by atoms with E-state index in [1.807, 2.05) is 35.2 Å². The summed E-state index contributed by atoms with van der Waals surface area (Å²) >= 11 is 6.18. The van der Waals surface area contributed by atoms with Gasteiger partial charge < -0.3 is 14.6 Å². The number of ether oxygens (including phenoxy) is 1. The maximum atomic E-state index is 12.5. The van der Waals surface area contributed by atoms with E-state index in [4.69, 9.17) is 16.3 Å². The Balaban J connectivity index is 1.85. The van der Waals surface area contributed by atoms with Gasteiger partial charge in [0.15, 0.2) is 0 Å². The number of hydrogen-bond acceptors (Lipinski definition) is 2. The molecule has 4 nitrogen and oxygen atoms in total. The van der Waals surface area contributed by atoms with Crippen molar-refractivity contribution in [3.63, 3.8) is 0 Å². The van der Waals surface area contributed by atoms with Gasteiger partial charge in [-0.2, -0.15) is 0 Å². The number of nitrogens with one attached hydrogen (secondary N) is 1. The average molecular weight is 327 g/mol. The number of rotatable bonds is 4. The molecule has 5 heteroatoms. The molecule has 1 N–H and O–H groups in total. The van der Waals surface area contributed by atoms with Crippen LogP contribution in [0.25, 0.3) is 5.69 Å². The van der Waals surface area contributed by atoms with Crippen molar-refractivity contribution in [3.8, 4) is 11.4 Å². The van der Waals surface area contributed by atoms with Crippen LogP contribution in [0.15, 0.2) is 67.0 Å². The number of nitrogens with zero attached hydrogens (tertiary/aromatic N) is 1. The summed E-state index contributed by atoms with van der Waals surface area (Å²) in [4.78, 5) is 12.5. The lowest BCUT2D eigenvalue weighted by molar-refractivity contribution is 0.102. The Morgan fingerprint density at radius 3 is 2.43 bits per heavy atom. The topological polar surface area (TPSA) is 43.3 Å². The summed E-state index contributed by atoms with van der Waals surface area (Å²) in [5.74, 6) is 0.477. The van der Waals surface area contributed by atoms with E-state index < -0.39 is 0 Å². The molecule has 0 unspecified atom stereocenters. The van der Waals surface area contributed by atoms with E-state index in [0.717, 1.165) is 11.4 Å². The van der Waals surface area contributed by atoms with Gasteiger partial charge >= 0.3 is 0 Å². The van der Waals surface area contributed by atoms with Gasteiger partial charge in [0.1, 0.15) is 5.75 Å². The van der Waals surface area contributed by atoms with Crippen molar-refractivity contribution < 1.29 is 9.53 Å². The number of anilines is 1. The second kappa shape index (κ2) is 6.58. The van der Waals surface area contributed by atoms with Crippen LogP contribution < -0.4 is 10.1 Å². The minimum atomic E-state index is -0.255. The zero-order valence-electron chi connectivity index (χ0n) is 12.5. The molecule has 0 atom stereocenters. The molecule has 23 heavy (non-hydrogen) atoms. The molecule has 0 saturated heterocycles. The van der Waals surface area contributed by atoms with Gasteiger partial charge in [-0.15, -0.1) is 0 Å². The first-order valence-corrected chi connectivity index (χ1v) is 7.43. The number of hydrogen-bond donors (Lipinski definition) is 1. The van der Waals surface area contributed by atoms with Gasteiger partial charge in [0.25, 0.3) is 5.91 Å². The number of aromatic nitrogens is 1. The number of benzene rings is 2. The van der Waals surface area contributed by atoms with Crippen LogP contribution in [0, 0.1) is 0 Å². The molecule has 0 aliphatic heterocycles. The highest BCUT2D eigenvalue weighted by Crippen LogP contribution is 2.22. The maximum Gasteiger partial charge on any atom is 0.257 e. The predicted molar refractivity (Wildman–Crippen MR) is 91.7 cm³/mol. The zero-order valence-corrected chi connectivity index (χ0v) is 13.2. The average Bonchev–Trinajstić information content (AvgIpc) is 3.10. The van der Waals surface area contributed by atoms with Crippen molar-refractivity contribution in [2.45, 2.75) is 0 Å². The van der Waals surface area contributed by atoms with Crippen LogP contribution in [0.2, 0.25) is 5.02 Å². The monoisotopic (exact) mass is 326 g/mol. The molecule has 1 heterocycles. The lowest BCUT2D eigenvalue weighted by Crippen LogP contribution is -2.13. The lowest BCUT2D eigenvalue weighted by Gasteiger charge is -2.10. The van der Waals surface area contributed by atoms with E-state index >= 15 is 0 Å². The van der Waals surface area contributed by atoms with Gasteiger partial charge in [-0.1, -0.05) is 11.6 Å². The molecule has 3 rings (SSSR count). The summed E-state index contributed by atoms with van der Waals surface area (Å²) < 4.78 is 7.02. The highest BCUT2D eigenvalue weighted by Gasteiger charge is 2.12. The molecule has 116 valence electrons. The summed E-state index contributed by atoms with van der Waals surface area (Å²) in [7, 11) is 1.60. The molecular formula is C18H15ClN2O2. The van der Waals surface area contributed by atoms with E-state index in [-0.39, 0.29) is 5.91 Å². The largest absolute Gasteiger partial charge is 0.497 e. The SMILES string of the molecule is COc1ccc(NC(=O)c2cc(-n3cccc3)ccc2Cl)cc1. The number of methoxy groups -OCH3 is 1. The van der Waals surface area contributed by atoms with E-state index in [2.05, 4.69) is 5.32 Å². The van der Waals surface area contributed by atoms with Gasteiger partial charge in [-0.25, -0.2) is 0 Å². The Morgan fingerprint density at radius 1 is 1.09 bits per heavy atom. The van der Waals surface area contributed by atoms with E-state index in [0.29, 0.717) is 16.3 Å². The van der Waals surface area contributed by atoms with Crippen molar-refractivity contribution in [2.24, 2.45) is 0 Å². The zero-order chi connectivity index (χ0) is 16.2. The molecule has 0 radical (unpaired) electrons. The molecule has 1 amide bonds. The van der Waals surface area contributed by atoms with E-state index in [1.165, 1.54) is 0 Å². The van der Waals surface area contributed by atoms with Crippen LogP contribution in [0.1, 0.15) is 10.4 Å². The maximum absolute atomic E-state index is 12.5. The van der Waals surface area contributed by atoms with Crippen molar-refractivity contribution >= 4 is 23.2 Å². The van der Waals surface area contributed by atoms with Crippen LogP contribution in [0.3, 0.4) is 0 Å². The smallest absolute Gasteiger partial charge is 0.257 e. The Hall–Kier alpha value is -2.72. The Kier molecular flexibility index (Phi) is 4.35. The van der Waals surface area contributed by atoms with Crippen LogP contribution in [0.5, 0.6) is 5.75 Å². The van der Waals surface area contributed by atoms with Crippen molar-refractivity contribution in [3.05, 3.63) is 77.6 Å². The summed E-state index contributed by atoms with van der Waals surface area (Å²) in [6, 6.07) is 16.3. The second-order valence-corrected chi connectivity index (χ2v) is 5.34. The highest BCUT2D eigenvalue weighted by molar-refractivity contribution is 6.34. The number of halogens is 1. The molecule has 0 bridgehead atoms. The predicted octanol–water partition coefficient (Wildman–Crippen LogP) is 4.39. The fourth-order valence-corrected chi connectivity index (χ4v) is 2.43. The summed E-state index contributed by atoms with van der Waals surface area (Å²) in [6.07, 6.45) is 3.82. The number of carbonyl (C=O) groups is 1. The van der Waals surface area contributed by atoms with Crippen LogP contribution in [-0.2, 0) is 0 Å². The minimum absolute atomic E-state index is 0.255. The Morgan fingerprint density at radius 2 is 1.78 bits per heavy atom. The van der Waals surface area contributed by atoms with Gasteiger partial charge in [0.05, 0.1) is 17.7 Å². The standard InChI is InChI=1S/C18H15ClN2O2/c1-23-15-7-4-13(5-8-15)20-18(22)16-12-14(6-9-17(16)19)21-10-2-3-11-21/h2-12H,1H3,(H,20,22). The summed E-state index contributed by atoms with van der Waals surface area (Å²) in [6.45, 7) is 0. The van der Waals surface area contributed by atoms with Crippen LogP contribution in [0.4, 0.5) is 5.69 Å². The fraction of sp³-hybridized carbons (Fsp3) is 0.0556. The first-order valence-electron chi connectivity index (χ1n) is 7.05. The van der Waals surface area contributed by atoms with Crippen molar-refractivity contribution in [2.75, 3.05) is 12.4 Å². The Labute approximate surface area is 139 Å². The fourth-order valence-electron chi connectivity index (χ4n) is 2.23. The minimum Gasteiger partial charge on any atom is -0.497 e. The summed E-state index contributed by atoms with van der Waals surface area (Å²) in [5.41, 5.74) is 1.98. The molecule has 1 aromatic heterocycles. The molecule has 0 spiro atoms. The molecule has 0 fully saturated rings. The third-order valence-electron chi connectivity index (χ3n) is 3.45. The van der Waals surface area contributed by atoms with E-state index in [1.54, 1.807) is 43.5 Å². The number of amides is 1. The van der Waals surface area contributed by atoms with Crippen molar-refractivity contribution in [1.82, 2.24) is 4.57 Å². The Bertz CT molecular complexity index is 812. The van der Waals surface area contributed by atoms with Crippen LogP contribution in [-0.4, -0.2) is 17.6 Å². The second-order valence-electron chi connectivity index (χ2n) is 4.94. The van der Waals surface area contributed by atoms with Gasteiger partial charge in [-0.05, 0) is 54.6 Å². The summed E-state index contributed by atoms with van der Waals surface area (Å²) in [5, 5.41) is 3.24. The quantitative estimate of drug-likeness (QED) is 0.772. The molecule has 0 saturated carbocycles. The molecular weight excluding hydrogens is 312 g/mol. The molecule has 3 aromatic rings. The first-order chi connectivity index (χ1) is 11.2. The third-order valence-corrected chi connectivity index (χ3v) is 3.77. The van der Waals surface area contributed by atoms with Gasteiger partial charge in [-0.3, -0.25) is 4.79 Å². The normalized spacial score (nSPS) is 10.3. The number of carbonyl (C=O) groups excluding carboxylic acids is 1. The highest BCUT2D eigenvalue weighted by atomic mass is 35.5. The third kappa shape index (κ3) is 3.38. The van der Waals surface area contributed by atoms with Gasteiger partial charge in [0, 0.05) is 23.8 Å². The van der Waals surface area contributed by atoms with Crippen molar-refractivity contribution in [1.29, 1.82) is 0 Å². The van der Waals surface area contributed by atoms with E-state index in [9.17, 15) is 4.79 Å². The van der Waals surface area contributed by atoms with Crippen LogP contribution >= 0.6 is 11.6 Å². The molecule has 0 aliphatic carbocycles. The van der Waals surface area contributed by atoms with Gasteiger partial charge in [0.2, 0.25) is 0 Å². The molecule has 0 aliphatic rings.